The minimum atomic E-state index is 0.673. The predicted octanol–water partition coefficient (Wildman–Crippen LogP) is 2.07. The molecule has 2 rings (SSSR count). The van der Waals surface area contributed by atoms with E-state index in [1.54, 1.807) is 0 Å². The van der Waals surface area contributed by atoms with Crippen molar-refractivity contribution in [3.8, 4) is 0 Å². The fourth-order valence-corrected chi connectivity index (χ4v) is 4.13. The van der Waals surface area contributed by atoms with Crippen LogP contribution in [0.5, 0.6) is 0 Å². The molecular formula is C9H15N3S2. The van der Waals surface area contributed by atoms with Crippen molar-refractivity contribution < 1.29 is 0 Å². The van der Waals surface area contributed by atoms with Crippen LogP contribution >= 0.6 is 23.3 Å². The van der Waals surface area contributed by atoms with E-state index >= 15 is 0 Å². The van der Waals surface area contributed by atoms with Gasteiger partial charge in [0.2, 0.25) is 0 Å². The fraction of sp³-hybridized carbons (Fsp3) is 0.778. The third-order valence-electron chi connectivity index (χ3n) is 2.65. The topological polar surface area (TPSA) is 51.8 Å². The van der Waals surface area contributed by atoms with E-state index in [2.05, 4.69) is 9.36 Å². The summed E-state index contributed by atoms with van der Waals surface area (Å²) in [5.41, 5.74) is 5.74. The Kier molecular flexibility index (Phi) is 3.41. The van der Waals surface area contributed by atoms with E-state index in [0.29, 0.717) is 11.2 Å². The smallest absolute Gasteiger partial charge is 0.170 e. The largest absolute Gasteiger partial charge is 0.330 e. The maximum Gasteiger partial charge on any atom is 0.170 e. The first kappa shape index (κ1) is 10.4. The molecule has 2 N–H and O–H groups in total. The van der Waals surface area contributed by atoms with Gasteiger partial charge in [-0.3, -0.25) is 0 Å². The van der Waals surface area contributed by atoms with Gasteiger partial charge in [0, 0.05) is 5.25 Å². The molecule has 1 fully saturated rings. The lowest BCUT2D eigenvalue weighted by Gasteiger charge is -2.14. The van der Waals surface area contributed by atoms with Gasteiger partial charge in [0.05, 0.1) is 0 Å². The van der Waals surface area contributed by atoms with Gasteiger partial charge in [-0.2, -0.15) is 4.37 Å². The lowest BCUT2D eigenvalue weighted by atomic mass is 10.1. The van der Waals surface area contributed by atoms with Crippen molar-refractivity contribution in [3.63, 3.8) is 0 Å². The lowest BCUT2D eigenvalue weighted by Crippen LogP contribution is -2.20. The Bertz CT molecular complexity index is 300. The summed E-state index contributed by atoms with van der Waals surface area (Å²) in [6, 6.07) is 0. The maximum atomic E-state index is 5.74. The first-order chi connectivity index (χ1) is 6.79. The van der Waals surface area contributed by atoms with Crippen molar-refractivity contribution in [3.05, 3.63) is 5.82 Å². The fourth-order valence-electron chi connectivity index (χ4n) is 1.88. The molecule has 0 radical (unpaired) electrons. The van der Waals surface area contributed by atoms with Gasteiger partial charge in [-0.25, -0.2) is 4.98 Å². The van der Waals surface area contributed by atoms with Gasteiger partial charge in [0.1, 0.15) is 5.82 Å². The van der Waals surface area contributed by atoms with Crippen LogP contribution in [0, 0.1) is 12.8 Å². The van der Waals surface area contributed by atoms with Crippen LogP contribution in [0.2, 0.25) is 0 Å². The van der Waals surface area contributed by atoms with Gasteiger partial charge in [-0.15, -0.1) is 0 Å². The zero-order chi connectivity index (χ0) is 9.97. The number of nitrogens with two attached hydrogens (primary N) is 1. The Morgan fingerprint density at radius 1 is 1.57 bits per heavy atom. The highest BCUT2D eigenvalue weighted by molar-refractivity contribution is 8.01. The SMILES string of the molecule is Cc1nsc(SC2CCCC2CN)n1. The van der Waals surface area contributed by atoms with Crippen LogP contribution in [0.25, 0.3) is 0 Å². The van der Waals surface area contributed by atoms with Crippen molar-refractivity contribution in [2.24, 2.45) is 11.7 Å². The van der Waals surface area contributed by atoms with Crippen molar-refractivity contribution in [1.29, 1.82) is 0 Å². The highest BCUT2D eigenvalue weighted by atomic mass is 32.2. The van der Waals surface area contributed by atoms with Crippen LogP contribution in [0.3, 0.4) is 0 Å². The van der Waals surface area contributed by atoms with E-state index in [4.69, 9.17) is 5.73 Å². The predicted molar refractivity (Wildman–Crippen MR) is 60.7 cm³/mol. The molecule has 78 valence electrons. The van der Waals surface area contributed by atoms with Gasteiger partial charge in [0.25, 0.3) is 0 Å². The monoisotopic (exact) mass is 229 g/mol. The Balaban J connectivity index is 1.96. The summed E-state index contributed by atoms with van der Waals surface area (Å²) in [7, 11) is 0. The average molecular weight is 229 g/mol. The van der Waals surface area contributed by atoms with Crippen LogP contribution in [0.15, 0.2) is 4.34 Å². The summed E-state index contributed by atoms with van der Waals surface area (Å²) >= 11 is 3.38. The van der Waals surface area contributed by atoms with Crippen LogP contribution in [0.1, 0.15) is 25.1 Å². The van der Waals surface area contributed by atoms with Crippen molar-refractivity contribution in [2.45, 2.75) is 35.8 Å². The quantitative estimate of drug-likeness (QED) is 0.862. The number of hydrogen-bond donors (Lipinski definition) is 1. The summed E-state index contributed by atoms with van der Waals surface area (Å²) in [6.07, 6.45) is 3.88. The van der Waals surface area contributed by atoms with Gasteiger partial charge in [-0.05, 0) is 43.8 Å². The standard InChI is InChI=1S/C9H15N3S2/c1-6-11-9(14-12-6)13-8-4-2-3-7(8)5-10/h7-8H,2-5,10H2,1H3. The first-order valence-corrected chi connectivity index (χ1v) is 6.62. The van der Waals surface area contributed by atoms with E-state index in [1.807, 2.05) is 18.7 Å². The molecule has 1 aromatic heterocycles. The number of aryl methyl sites for hydroxylation is 1. The summed E-state index contributed by atoms with van der Waals surface area (Å²) in [5.74, 6) is 1.57. The van der Waals surface area contributed by atoms with Crippen molar-refractivity contribution in [2.75, 3.05) is 6.54 Å². The second kappa shape index (κ2) is 4.59. The molecule has 1 saturated carbocycles. The third-order valence-corrected chi connectivity index (χ3v) is 4.98. The Hall–Kier alpha value is -0.130. The van der Waals surface area contributed by atoms with Crippen LogP contribution in [0.4, 0.5) is 0 Å². The number of thioether (sulfide) groups is 1. The Morgan fingerprint density at radius 2 is 2.43 bits per heavy atom. The number of hydrogen-bond acceptors (Lipinski definition) is 5. The highest BCUT2D eigenvalue weighted by Crippen LogP contribution is 2.38. The molecule has 1 aromatic rings. The molecule has 1 aliphatic rings. The molecule has 1 aliphatic carbocycles. The van der Waals surface area contributed by atoms with Crippen LogP contribution in [-0.2, 0) is 0 Å². The zero-order valence-electron chi connectivity index (χ0n) is 8.27. The third kappa shape index (κ3) is 2.27. The Morgan fingerprint density at radius 3 is 3.07 bits per heavy atom. The van der Waals surface area contributed by atoms with E-state index in [0.717, 1.165) is 16.7 Å². The highest BCUT2D eigenvalue weighted by Gasteiger charge is 2.27. The van der Waals surface area contributed by atoms with Crippen molar-refractivity contribution in [1.82, 2.24) is 9.36 Å². The molecule has 2 unspecified atom stereocenters. The average Bonchev–Trinajstić information content (AvgIpc) is 2.76. The van der Waals surface area contributed by atoms with Gasteiger partial charge in [-0.1, -0.05) is 18.2 Å². The minimum absolute atomic E-state index is 0.673. The summed E-state index contributed by atoms with van der Waals surface area (Å²) < 4.78 is 5.29. The minimum Gasteiger partial charge on any atom is -0.330 e. The van der Waals surface area contributed by atoms with Crippen LogP contribution < -0.4 is 5.73 Å². The molecule has 0 saturated heterocycles. The molecule has 0 aliphatic heterocycles. The molecule has 14 heavy (non-hydrogen) atoms. The molecule has 1 heterocycles. The molecule has 3 nitrogen and oxygen atoms in total. The number of nitrogens with zero attached hydrogens (tertiary/aromatic N) is 2. The normalized spacial score (nSPS) is 27.0. The second-order valence-corrected chi connectivity index (χ2v) is 5.93. The van der Waals surface area contributed by atoms with Crippen LogP contribution in [-0.4, -0.2) is 21.2 Å². The van der Waals surface area contributed by atoms with E-state index in [1.165, 1.54) is 30.8 Å². The van der Waals surface area contributed by atoms with E-state index in [-0.39, 0.29) is 0 Å². The summed E-state index contributed by atoms with van der Waals surface area (Å²) in [5, 5.41) is 0.673. The molecule has 0 aromatic carbocycles. The summed E-state index contributed by atoms with van der Waals surface area (Å²) in [4.78, 5) is 4.37. The number of aromatic nitrogens is 2. The molecule has 0 bridgehead atoms. The second-order valence-electron chi connectivity index (χ2n) is 3.69. The molecule has 0 amide bonds. The van der Waals surface area contributed by atoms with Gasteiger partial charge < -0.3 is 5.73 Å². The lowest BCUT2D eigenvalue weighted by molar-refractivity contribution is 0.573. The molecule has 5 heteroatoms. The van der Waals surface area contributed by atoms with Gasteiger partial charge in [0.15, 0.2) is 4.34 Å². The maximum absolute atomic E-state index is 5.74. The molecular weight excluding hydrogens is 214 g/mol. The molecule has 0 spiro atoms. The Labute approximate surface area is 92.7 Å². The van der Waals surface area contributed by atoms with Crippen molar-refractivity contribution >= 4 is 23.3 Å². The summed E-state index contributed by atoms with van der Waals surface area (Å²) in [6.45, 7) is 2.76. The van der Waals surface area contributed by atoms with E-state index < -0.39 is 0 Å². The first-order valence-electron chi connectivity index (χ1n) is 4.96. The van der Waals surface area contributed by atoms with E-state index in [9.17, 15) is 0 Å². The zero-order valence-corrected chi connectivity index (χ0v) is 9.90. The molecule has 2 atom stereocenters. The van der Waals surface area contributed by atoms with Gasteiger partial charge >= 0.3 is 0 Å². The number of rotatable bonds is 3.